The molecule has 146 valence electrons. The molecule has 8 heteroatoms. The van der Waals surface area contributed by atoms with Crippen molar-refractivity contribution in [2.45, 2.75) is 26.3 Å². The van der Waals surface area contributed by atoms with E-state index in [9.17, 15) is 13.2 Å². The van der Waals surface area contributed by atoms with Gasteiger partial charge >= 0.3 is 0 Å². The highest BCUT2D eigenvalue weighted by Gasteiger charge is 2.32. The van der Waals surface area contributed by atoms with Gasteiger partial charge < -0.3 is 10.1 Å². The van der Waals surface area contributed by atoms with E-state index in [1.807, 2.05) is 13.0 Å². The summed E-state index contributed by atoms with van der Waals surface area (Å²) in [7, 11) is -2.22. The summed E-state index contributed by atoms with van der Waals surface area (Å²) in [5.41, 5.74) is 1.76. The van der Waals surface area contributed by atoms with Gasteiger partial charge in [0.2, 0.25) is 15.9 Å². The molecule has 0 saturated carbocycles. The zero-order chi connectivity index (χ0) is 20.2. The maximum absolute atomic E-state index is 13.0. The van der Waals surface area contributed by atoms with Crippen molar-refractivity contribution in [1.29, 1.82) is 0 Å². The molecule has 2 aromatic carbocycles. The number of amides is 1. The molecule has 2 rings (SSSR count). The van der Waals surface area contributed by atoms with Gasteiger partial charge in [0.15, 0.2) is 0 Å². The average Bonchev–Trinajstić information content (AvgIpc) is 2.58. The van der Waals surface area contributed by atoms with E-state index in [2.05, 4.69) is 5.32 Å². The number of hydrogen-bond acceptors (Lipinski definition) is 4. The Balaban J connectivity index is 2.42. The number of benzene rings is 2. The minimum Gasteiger partial charge on any atom is -0.495 e. The van der Waals surface area contributed by atoms with Gasteiger partial charge in [-0.2, -0.15) is 0 Å². The molecule has 27 heavy (non-hydrogen) atoms. The van der Waals surface area contributed by atoms with E-state index in [0.29, 0.717) is 22.1 Å². The van der Waals surface area contributed by atoms with E-state index >= 15 is 0 Å². The molecule has 0 radical (unpaired) electrons. The van der Waals surface area contributed by atoms with Crippen LogP contribution in [0.2, 0.25) is 5.02 Å². The second-order valence-electron chi connectivity index (χ2n) is 6.16. The molecule has 1 N–H and O–H groups in total. The Morgan fingerprint density at radius 3 is 2.52 bits per heavy atom. The first-order chi connectivity index (χ1) is 12.7. The maximum atomic E-state index is 13.0. The summed E-state index contributed by atoms with van der Waals surface area (Å²) in [4.78, 5) is 13.0. The molecule has 1 unspecified atom stereocenters. The monoisotopic (exact) mass is 410 g/mol. The van der Waals surface area contributed by atoms with Crippen LogP contribution in [-0.4, -0.2) is 33.7 Å². The predicted octanol–water partition coefficient (Wildman–Crippen LogP) is 3.84. The van der Waals surface area contributed by atoms with Crippen LogP contribution in [0.5, 0.6) is 5.75 Å². The molecule has 0 aliphatic carbocycles. The molecule has 0 heterocycles. The van der Waals surface area contributed by atoms with E-state index in [-0.39, 0.29) is 6.42 Å². The van der Waals surface area contributed by atoms with Crippen molar-refractivity contribution >= 4 is 38.9 Å². The first-order valence-electron chi connectivity index (χ1n) is 8.37. The average molecular weight is 411 g/mol. The van der Waals surface area contributed by atoms with Gasteiger partial charge in [0, 0.05) is 5.02 Å². The van der Waals surface area contributed by atoms with Crippen molar-refractivity contribution in [3.05, 3.63) is 53.1 Å². The summed E-state index contributed by atoms with van der Waals surface area (Å²) in [5, 5.41) is 3.17. The van der Waals surface area contributed by atoms with Gasteiger partial charge in [0.25, 0.3) is 0 Å². The zero-order valence-corrected chi connectivity index (χ0v) is 17.3. The fraction of sp³-hybridized carbons (Fsp3) is 0.316. The van der Waals surface area contributed by atoms with Crippen LogP contribution >= 0.6 is 11.6 Å². The van der Waals surface area contributed by atoms with E-state index in [0.717, 1.165) is 16.1 Å². The lowest BCUT2D eigenvalue weighted by atomic mass is 10.1. The third kappa shape index (κ3) is 5.14. The van der Waals surface area contributed by atoms with Gasteiger partial charge in [0.05, 0.1) is 24.7 Å². The summed E-state index contributed by atoms with van der Waals surface area (Å²) < 4.78 is 31.3. The number of anilines is 2. The predicted molar refractivity (Wildman–Crippen MR) is 109 cm³/mol. The van der Waals surface area contributed by atoms with Gasteiger partial charge in [-0.3, -0.25) is 9.10 Å². The van der Waals surface area contributed by atoms with Crippen molar-refractivity contribution in [2.75, 3.05) is 23.0 Å². The number of carbonyl (C=O) groups excluding carboxylic acids is 1. The van der Waals surface area contributed by atoms with Gasteiger partial charge in [-0.05, 0) is 49.2 Å². The third-order valence-corrected chi connectivity index (χ3v) is 5.42. The Bertz CT molecular complexity index is 931. The topological polar surface area (TPSA) is 75.7 Å². The van der Waals surface area contributed by atoms with E-state index < -0.39 is 22.0 Å². The van der Waals surface area contributed by atoms with Crippen LogP contribution < -0.4 is 14.4 Å². The molecule has 0 spiro atoms. The van der Waals surface area contributed by atoms with Crippen LogP contribution in [0.4, 0.5) is 11.4 Å². The summed E-state index contributed by atoms with van der Waals surface area (Å²) in [6.45, 7) is 3.64. The number of carbonyl (C=O) groups is 1. The van der Waals surface area contributed by atoms with Crippen molar-refractivity contribution < 1.29 is 17.9 Å². The number of ether oxygens (including phenoxy) is 1. The first kappa shape index (κ1) is 21.1. The minimum atomic E-state index is -3.72. The highest BCUT2D eigenvalue weighted by molar-refractivity contribution is 7.92. The molecule has 0 bridgehead atoms. The third-order valence-electron chi connectivity index (χ3n) is 4.01. The van der Waals surface area contributed by atoms with Crippen molar-refractivity contribution in [3.8, 4) is 5.75 Å². The Hall–Kier alpha value is -2.25. The fourth-order valence-electron chi connectivity index (χ4n) is 2.81. The summed E-state index contributed by atoms with van der Waals surface area (Å²) in [5.74, 6) is 0.0456. The maximum Gasteiger partial charge on any atom is 0.248 e. The molecule has 1 amide bonds. The quantitative estimate of drug-likeness (QED) is 0.752. The van der Waals surface area contributed by atoms with E-state index in [1.165, 1.54) is 13.2 Å². The Morgan fingerprint density at radius 1 is 1.26 bits per heavy atom. The smallest absolute Gasteiger partial charge is 0.248 e. The highest BCUT2D eigenvalue weighted by atomic mass is 35.5. The van der Waals surface area contributed by atoms with Crippen LogP contribution in [0.1, 0.15) is 18.9 Å². The molecule has 0 saturated heterocycles. The second kappa shape index (κ2) is 8.63. The standard InChI is InChI=1S/C19H23ClN2O4S/c1-5-17(19(23)21-16-11-13(2)9-10-18(16)26-3)22(27(4,24)25)15-8-6-7-14(20)12-15/h6-12,17H,5H2,1-4H3,(H,21,23). The molecule has 0 aromatic heterocycles. The van der Waals surface area contributed by atoms with Crippen LogP contribution in [0, 0.1) is 6.92 Å². The van der Waals surface area contributed by atoms with Gasteiger partial charge in [0.1, 0.15) is 11.8 Å². The molecule has 0 aliphatic rings. The summed E-state index contributed by atoms with van der Waals surface area (Å²) in [6, 6.07) is 10.9. The van der Waals surface area contributed by atoms with Crippen LogP contribution in [0.3, 0.4) is 0 Å². The molecule has 2 aromatic rings. The lowest BCUT2D eigenvalue weighted by molar-refractivity contribution is -0.117. The molecule has 0 aliphatic heterocycles. The van der Waals surface area contributed by atoms with Gasteiger partial charge in [-0.25, -0.2) is 8.42 Å². The fourth-order valence-corrected chi connectivity index (χ4v) is 4.20. The van der Waals surface area contributed by atoms with Crippen LogP contribution in [0.25, 0.3) is 0 Å². The summed E-state index contributed by atoms with van der Waals surface area (Å²) >= 11 is 6.01. The van der Waals surface area contributed by atoms with Gasteiger partial charge in [-0.1, -0.05) is 30.7 Å². The first-order valence-corrected chi connectivity index (χ1v) is 10.6. The van der Waals surface area contributed by atoms with Crippen molar-refractivity contribution in [1.82, 2.24) is 0 Å². The Morgan fingerprint density at radius 2 is 1.96 bits per heavy atom. The molecule has 6 nitrogen and oxygen atoms in total. The Kier molecular flexibility index (Phi) is 6.73. The molecular formula is C19H23ClN2O4S. The lowest BCUT2D eigenvalue weighted by Gasteiger charge is -2.30. The van der Waals surface area contributed by atoms with E-state index in [4.69, 9.17) is 16.3 Å². The number of methoxy groups -OCH3 is 1. The van der Waals surface area contributed by atoms with Crippen molar-refractivity contribution in [3.63, 3.8) is 0 Å². The molecule has 0 fully saturated rings. The number of nitrogens with zero attached hydrogens (tertiary/aromatic N) is 1. The summed E-state index contributed by atoms with van der Waals surface area (Å²) in [6.07, 6.45) is 1.34. The number of sulfonamides is 1. The number of halogens is 1. The number of rotatable bonds is 7. The largest absolute Gasteiger partial charge is 0.495 e. The number of nitrogens with one attached hydrogen (secondary N) is 1. The Labute approximate surface area is 165 Å². The van der Waals surface area contributed by atoms with Crippen LogP contribution in [0.15, 0.2) is 42.5 Å². The van der Waals surface area contributed by atoms with Gasteiger partial charge in [-0.15, -0.1) is 0 Å². The van der Waals surface area contributed by atoms with Crippen LogP contribution in [-0.2, 0) is 14.8 Å². The normalized spacial score (nSPS) is 12.3. The SMILES string of the molecule is CCC(C(=O)Nc1cc(C)ccc1OC)N(c1cccc(Cl)c1)S(C)(=O)=O. The number of hydrogen-bond donors (Lipinski definition) is 1. The minimum absolute atomic E-state index is 0.277. The number of aryl methyl sites for hydroxylation is 1. The zero-order valence-electron chi connectivity index (χ0n) is 15.7. The molecular weight excluding hydrogens is 388 g/mol. The van der Waals surface area contributed by atoms with Crippen molar-refractivity contribution in [2.24, 2.45) is 0 Å². The second-order valence-corrected chi connectivity index (χ2v) is 8.45. The van der Waals surface area contributed by atoms with E-state index in [1.54, 1.807) is 37.3 Å². The lowest BCUT2D eigenvalue weighted by Crippen LogP contribution is -2.47. The highest BCUT2D eigenvalue weighted by Crippen LogP contribution is 2.28. The molecule has 1 atom stereocenters.